The van der Waals surface area contributed by atoms with E-state index in [0.29, 0.717) is 11.1 Å². The van der Waals surface area contributed by atoms with Gasteiger partial charge in [0.25, 0.3) is 0 Å². The Morgan fingerprint density at radius 2 is 0.486 bits per heavy atom. The fourth-order valence-corrected chi connectivity index (χ4v) is 24.0. The molecule has 0 atom stereocenters. The van der Waals surface area contributed by atoms with Crippen molar-refractivity contribution >= 4 is 95.3 Å². The third kappa shape index (κ3) is 17.8. The Balaban J connectivity index is 0.000000148. The molecule has 0 unspecified atom stereocenters. The van der Waals surface area contributed by atoms with Gasteiger partial charge in [-0.05, 0) is 131 Å². The molecular formula is C103H102O4P4. The molecule has 2 N–H and O–H groups in total. The highest BCUT2D eigenvalue weighted by atomic mass is 31.1. The van der Waals surface area contributed by atoms with E-state index in [2.05, 4.69) is 449 Å². The Morgan fingerprint density at radius 1 is 0.261 bits per heavy atom. The molecule has 1 aliphatic heterocycles. The van der Waals surface area contributed by atoms with Crippen molar-refractivity contribution in [1.29, 1.82) is 0 Å². The van der Waals surface area contributed by atoms with Crippen LogP contribution in [0.15, 0.2) is 352 Å². The number of benzene rings is 14. The van der Waals surface area contributed by atoms with Gasteiger partial charge >= 0.3 is 0 Å². The predicted octanol–water partition coefficient (Wildman–Crippen LogP) is 22.6. The summed E-state index contributed by atoms with van der Waals surface area (Å²) in [5.41, 5.74) is 7.20. The molecule has 0 bridgehead atoms. The maximum atomic E-state index is 11.4. The average molecular weight is 1530 g/mol. The third-order valence-electron chi connectivity index (χ3n) is 20.4. The number of aromatic hydroxyl groups is 2. The highest BCUT2D eigenvalue weighted by molar-refractivity contribution is 7.81. The Kier molecular flexibility index (Phi) is 24.2. The van der Waals surface area contributed by atoms with Gasteiger partial charge in [0.15, 0.2) is 0 Å². The van der Waals surface area contributed by atoms with Crippen molar-refractivity contribution in [2.24, 2.45) is 0 Å². The van der Waals surface area contributed by atoms with Crippen LogP contribution in [0.5, 0.6) is 34.5 Å². The van der Waals surface area contributed by atoms with Gasteiger partial charge in [0.05, 0.1) is 0 Å². The zero-order valence-electron chi connectivity index (χ0n) is 66.5. The molecule has 0 aliphatic carbocycles. The van der Waals surface area contributed by atoms with Crippen LogP contribution in [0, 0.1) is 0 Å². The molecule has 0 aromatic heterocycles. The summed E-state index contributed by atoms with van der Waals surface area (Å²) in [5.74, 6) is 4.35. The molecule has 111 heavy (non-hydrogen) atoms. The van der Waals surface area contributed by atoms with Gasteiger partial charge in [-0.2, -0.15) is 0 Å². The van der Waals surface area contributed by atoms with E-state index in [0.717, 1.165) is 45.3 Å². The normalized spacial score (nSPS) is 12.6. The quantitative estimate of drug-likeness (QED) is 0.100. The van der Waals surface area contributed by atoms with Gasteiger partial charge in [-0.15, -0.1) is 0 Å². The number of ether oxygens (including phenoxy) is 2. The van der Waals surface area contributed by atoms with Gasteiger partial charge in [-0.3, -0.25) is 0 Å². The van der Waals surface area contributed by atoms with Crippen LogP contribution in [0.1, 0.15) is 130 Å². The molecule has 0 saturated heterocycles. The lowest BCUT2D eigenvalue weighted by atomic mass is 9.75. The Hall–Kier alpha value is -10.0. The molecule has 4 nitrogen and oxygen atoms in total. The molecule has 558 valence electrons. The van der Waals surface area contributed by atoms with E-state index in [-0.39, 0.29) is 38.6 Å². The summed E-state index contributed by atoms with van der Waals surface area (Å²) >= 11 is 0. The number of fused-ring (bicyclic) bond motifs is 2. The highest BCUT2D eigenvalue weighted by Crippen LogP contribution is 2.54. The van der Waals surface area contributed by atoms with Crippen molar-refractivity contribution in [2.75, 3.05) is 0 Å². The van der Waals surface area contributed by atoms with Crippen LogP contribution in [-0.4, -0.2) is 10.2 Å². The minimum Gasteiger partial charge on any atom is -0.507 e. The molecular weight excluding hydrogens is 1430 g/mol. The molecule has 8 heteroatoms. The molecule has 0 fully saturated rings. The van der Waals surface area contributed by atoms with Crippen LogP contribution in [0.4, 0.5) is 0 Å². The van der Waals surface area contributed by atoms with Crippen molar-refractivity contribution in [3.8, 4) is 45.6 Å². The van der Waals surface area contributed by atoms with E-state index < -0.39 is 31.7 Å². The molecule has 1 heterocycles. The van der Waals surface area contributed by atoms with Gasteiger partial charge in [-0.25, -0.2) is 0 Å². The number of hydrogen-bond acceptors (Lipinski definition) is 4. The maximum Gasteiger partial charge on any atom is 0.139 e. The minimum atomic E-state index is -0.824. The van der Waals surface area contributed by atoms with Crippen molar-refractivity contribution in [2.45, 2.75) is 124 Å². The smallest absolute Gasteiger partial charge is 0.139 e. The van der Waals surface area contributed by atoms with Crippen molar-refractivity contribution in [3.05, 3.63) is 385 Å². The van der Waals surface area contributed by atoms with Crippen molar-refractivity contribution < 1.29 is 19.7 Å². The Morgan fingerprint density at radius 3 is 0.730 bits per heavy atom. The van der Waals surface area contributed by atoms with Gasteiger partial charge < -0.3 is 19.7 Å². The molecule has 14 aromatic carbocycles. The second-order valence-electron chi connectivity index (χ2n) is 32.9. The fourth-order valence-electron chi connectivity index (χ4n) is 14.4. The zero-order valence-corrected chi connectivity index (χ0v) is 70.1. The molecule has 0 spiro atoms. The summed E-state index contributed by atoms with van der Waals surface area (Å²) in [7, 11) is -3.24. The summed E-state index contributed by atoms with van der Waals surface area (Å²) in [4.78, 5) is 0. The SMILES string of the molecule is CC(C)(C)c1cc(-c2cc(C(C)(C)C)cc(C(C)(C)C)c2O)c(O)c(C(C)(C)C)c1.CC1(C)c2cccc(P(c3ccccc3)c3ccccc3)c2Oc2c(P(c3ccccc3)c3ccccc3)cccc21.c1ccc(P(c2ccccc2)c2ccccc2Oc2ccccc2P(c2ccccc2)c2ccccc2)cc1. The van der Waals surface area contributed by atoms with Gasteiger partial charge in [0.1, 0.15) is 34.5 Å². The standard InChI is InChI=1S/C39H32OP2.C36H28OP2.C28H42O2/c1-39(2)33-25-15-27-35(41(29-17-7-3-8-18-29)30-19-9-4-10-20-30)37(33)40-38-34(39)26-16-28-36(38)42(31-21-11-5-12-22-31)32-23-13-6-14-24-32;1-5-17-29(18-6-1)38(30-19-7-2-8-20-30)35-27-15-13-25-33(35)37-34-26-14-16-28-36(34)39(31-21-9-3-10-22-31)32-23-11-4-12-24-32;1-25(2,3)17-13-19(23(29)21(15-17)27(7,8)9)20-14-18(26(4,5)6)16-22(24(20)30)28(10,11)12/h3-28H,1-2H3;1-28H;13-16,29-30H,1-12H3. The van der Waals surface area contributed by atoms with Crippen molar-refractivity contribution in [1.82, 2.24) is 0 Å². The second kappa shape index (κ2) is 33.9. The number of rotatable bonds is 15. The number of para-hydroxylation sites is 4. The van der Waals surface area contributed by atoms with E-state index in [9.17, 15) is 10.2 Å². The molecule has 0 amide bonds. The van der Waals surface area contributed by atoms with Crippen LogP contribution in [0.25, 0.3) is 11.1 Å². The monoisotopic (exact) mass is 1530 g/mol. The third-order valence-corrected chi connectivity index (χ3v) is 30.3. The lowest BCUT2D eigenvalue weighted by molar-refractivity contribution is 0.425. The zero-order chi connectivity index (χ0) is 78.2. The average Bonchev–Trinajstić information content (AvgIpc) is 0.727. The largest absolute Gasteiger partial charge is 0.507 e. The highest BCUT2D eigenvalue weighted by Gasteiger charge is 2.40. The summed E-state index contributed by atoms with van der Waals surface area (Å²) in [6, 6.07) is 126. The minimum absolute atomic E-state index is 0.0768. The summed E-state index contributed by atoms with van der Waals surface area (Å²) in [5, 5.41) is 38.2. The Labute approximate surface area is 665 Å². The van der Waals surface area contributed by atoms with Crippen LogP contribution in [0.2, 0.25) is 0 Å². The lowest BCUT2D eigenvalue weighted by Crippen LogP contribution is -2.32. The number of phenols is 2. The van der Waals surface area contributed by atoms with E-state index in [1.807, 2.05) is 0 Å². The summed E-state index contributed by atoms with van der Waals surface area (Å²) in [6.45, 7) is 30.5. The number of phenolic OH excluding ortho intramolecular Hbond substituents is 2. The van der Waals surface area contributed by atoms with Crippen LogP contribution in [-0.2, 0) is 27.1 Å². The molecule has 0 saturated carbocycles. The topological polar surface area (TPSA) is 58.9 Å². The first kappa shape index (κ1) is 79.1. The van der Waals surface area contributed by atoms with Crippen LogP contribution >= 0.6 is 31.7 Å². The molecule has 0 radical (unpaired) electrons. The maximum absolute atomic E-state index is 11.4. The first-order valence-electron chi connectivity index (χ1n) is 38.4. The van der Waals surface area contributed by atoms with Gasteiger partial charge in [-0.1, -0.05) is 425 Å². The summed E-state index contributed by atoms with van der Waals surface area (Å²) < 4.78 is 14.2. The summed E-state index contributed by atoms with van der Waals surface area (Å²) in [6.07, 6.45) is 0. The van der Waals surface area contributed by atoms with Crippen molar-refractivity contribution in [3.63, 3.8) is 0 Å². The van der Waals surface area contributed by atoms with Crippen LogP contribution in [0.3, 0.4) is 0 Å². The first-order chi connectivity index (χ1) is 53.3. The van der Waals surface area contributed by atoms with Crippen LogP contribution < -0.4 is 73.1 Å². The van der Waals surface area contributed by atoms with Gasteiger partial charge in [0, 0.05) is 60.0 Å². The van der Waals surface area contributed by atoms with E-state index in [1.165, 1.54) is 74.8 Å². The van der Waals surface area contributed by atoms with E-state index in [1.54, 1.807) is 0 Å². The predicted molar refractivity (Wildman–Crippen MR) is 483 cm³/mol. The van der Waals surface area contributed by atoms with E-state index in [4.69, 9.17) is 9.47 Å². The number of hydrogen-bond donors (Lipinski definition) is 2. The molecule has 14 aromatic rings. The first-order valence-corrected chi connectivity index (χ1v) is 43.8. The fraction of sp³-hybridized carbons (Fsp3) is 0.184. The Bertz CT molecular complexity index is 4940. The van der Waals surface area contributed by atoms with E-state index >= 15 is 0 Å². The lowest BCUT2D eigenvalue weighted by Gasteiger charge is -2.38. The molecule has 15 rings (SSSR count). The molecule has 1 aliphatic rings. The van der Waals surface area contributed by atoms with Gasteiger partial charge in [0.2, 0.25) is 0 Å². The second-order valence-corrected chi connectivity index (χ2v) is 41.7.